The van der Waals surface area contributed by atoms with Crippen molar-refractivity contribution in [2.45, 2.75) is 18.3 Å². The number of aromatic nitrogens is 4. The minimum atomic E-state index is 0.172. The summed E-state index contributed by atoms with van der Waals surface area (Å²) in [5, 5.41) is 17.6. The maximum Gasteiger partial charge on any atom is 0.214 e. The minimum absolute atomic E-state index is 0.172. The molecule has 3 aromatic carbocycles. The zero-order valence-corrected chi connectivity index (χ0v) is 21.8. The molecule has 0 atom stereocenters. The van der Waals surface area contributed by atoms with Crippen LogP contribution in [0.2, 0.25) is 15.1 Å². The maximum atomic E-state index is 6.51. The Balaban J connectivity index is 1.31. The largest absolute Gasteiger partial charge is 0.493 e. The molecule has 1 heterocycles. The fourth-order valence-electron chi connectivity index (χ4n) is 3.28. The Morgan fingerprint density at radius 1 is 0.971 bits per heavy atom. The van der Waals surface area contributed by atoms with E-state index in [4.69, 9.17) is 44.3 Å². The highest BCUT2D eigenvalue weighted by Gasteiger charge is 2.15. The molecule has 0 aliphatic rings. The van der Waals surface area contributed by atoms with Crippen LogP contribution in [0.25, 0.3) is 5.69 Å². The molecule has 11 heteroatoms. The van der Waals surface area contributed by atoms with Gasteiger partial charge in [-0.15, -0.1) is 5.10 Å². The van der Waals surface area contributed by atoms with Crippen LogP contribution in [0.15, 0.2) is 65.8 Å². The Hall–Kier alpha value is -2.49. The molecule has 7 nitrogen and oxygen atoms in total. The molecule has 1 N–H and O–H groups in total. The normalized spacial score (nSPS) is 11.0. The van der Waals surface area contributed by atoms with Gasteiger partial charge in [0.2, 0.25) is 5.16 Å². The molecule has 182 valence electrons. The first-order valence-electron chi connectivity index (χ1n) is 10.7. The number of para-hydroxylation sites is 1. The van der Waals surface area contributed by atoms with Crippen molar-refractivity contribution in [3.05, 3.63) is 86.9 Å². The van der Waals surface area contributed by atoms with E-state index in [0.717, 1.165) is 28.7 Å². The van der Waals surface area contributed by atoms with Gasteiger partial charge in [0.15, 0.2) is 11.5 Å². The predicted octanol–water partition coefficient (Wildman–Crippen LogP) is 6.09. The van der Waals surface area contributed by atoms with Gasteiger partial charge in [-0.1, -0.05) is 70.8 Å². The van der Waals surface area contributed by atoms with E-state index >= 15 is 0 Å². The van der Waals surface area contributed by atoms with E-state index in [1.165, 1.54) is 0 Å². The number of rotatable bonds is 11. The van der Waals surface area contributed by atoms with Crippen LogP contribution in [0.1, 0.15) is 11.1 Å². The molecule has 4 rings (SSSR count). The van der Waals surface area contributed by atoms with E-state index in [1.807, 2.05) is 42.5 Å². The number of ether oxygens (including phenoxy) is 2. The number of nitrogens with zero attached hydrogens (tertiary/aromatic N) is 4. The summed E-state index contributed by atoms with van der Waals surface area (Å²) in [6.45, 7) is 1.53. The van der Waals surface area contributed by atoms with Crippen molar-refractivity contribution in [3.63, 3.8) is 0 Å². The van der Waals surface area contributed by atoms with Crippen LogP contribution in [0, 0.1) is 0 Å². The zero-order valence-electron chi connectivity index (χ0n) is 18.7. The van der Waals surface area contributed by atoms with Crippen LogP contribution in [-0.4, -0.2) is 39.6 Å². The topological polar surface area (TPSA) is 74.1 Å². The summed E-state index contributed by atoms with van der Waals surface area (Å²) in [7, 11) is 1.58. The maximum absolute atomic E-state index is 6.51. The Morgan fingerprint density at radius 2 is 1.74 bits per heavy atom. The Morgan fingerprint density at radius 3 is 2.49 bits per heavy atom. The second kappa shape index (κ2) is 12.5. The lowest BCUT2D eigenvalue weighted by Gasteiger charge is -2.15. The monoisotopic (exact) mass is 549 g/mol. The van der Waals surface area contributed by atoms with Gasteiger partial charge in [-0.2, -0.15) is 4.68 Å². The van der Waals surface area contributed by atoms with E-state index in [2.05, 4.69) is 20.8 Å². The van der Waals surface area contributed by atoms with Crippen molar-refractivity contribution in [1.29, 1.82) is 0 Å². The van der Waals surface area contributed by atoms with Crippen LogP contribution >= 0.6 is 46.6 Å². The summed E-state index contributed by atoms with van der Waals surface area (Å²) in [6, 6.07) is 18.9. The van der Waals surface area contributed by atoms with Gasteiger partial charge in [-0.25, -0.2) is 0 Å². The number of nitrogens with one attached hydrogen (secondary N) is 1. The van der Waals surface area contributed by atoms with Gasteiger partial charge in [-0.3, -0.25) is 0 Å². The molecular weight excluding hydrogens is 529 g/mol. The van der Waals surface area contributed by atoms with Gasteiger partial charge in [0.05, 0.1) is 17.8 Å². The molecule has 0 fully saturated rings. The summed E-state index contributed by atoms with van der Waals surface area (Å²) < 4.78 is 13.2. The van der Waals surface area contributed by atoms with Crippen LogP contribution in [-0.2, 0) is 13.2 Å². The van der Waals surface area contributed by atoms with Crippen molar-refractivity contribution in [2.75, 3.05) is 19.4 Å². The van der Waals surface area contributed by atoms with Crippen LogP contribution < -0.4 is 14.8 Å². The van der Waals surface area contributed by atoms with Gasteiger partial charge in [0, 0.05) is 34.5 Å². The summed E-state index contributed by atoms with van der Waals surface area (Å²) in [5.74, 6) is 1.77. The van der Waals surface area contributed by atoms with E-state index in [-0.39, 0.29) is 6.61 Å². The fraction of sp³-hybridized carbons (Fsp3) is 0.208. The molecule has 0 amide bonds. The molecule has 0 saturated heterocycles. The molecule has 0 bridgehead atoms. The highest BCUT2D eigenvalue weighted by Crippen LogP contribution is 2.38. The number of hydrogen-bond acceptors (Lipinski definition) is 7. The van der Waals surface area contributed by atoms with E-state index in [1.54, 1.807) is 41.8 Å². The fourth-order valence-corrected chi connectivity index (χ4v) is 4.86. The molecule has 0 aliphatic carbocycles. The van der Waals surface area contributed by atoms with E-state index in [0.29, 0.717) is 38.7 Å². The molecule has 0 saturated carbocycles. The van der Waals surface area contributed by atoms with Crippen molar-refractivity contribution < 1.29 is 9.47 Å². The number of tetrazole rings is 1. The number of hydrogen-bond donors (Lipinski definition) is 1. The number of halogens is 3. The van der Waals surface area contributed by atoms with Gasteiger partial charge in [0.25, 0.3) is 0 Å². The highest BCUT2D eigenvalue weighted by molar-refractivity contribution is 7.99. The Kier molecular flexibility index (Phi) is 9.12. The van der Waals surface area contributed by atoms with Gasteiger partial charge in [-0.05, 0) is 52.4 Å². The molecule has 35 heavy (non-hydrogen) atoms. The Bertz CT molecular complexity index is 1250. The van der Waals surface area contributed by atoms with Crippen molar-refractivity contribution in [1.82, 2.24) is 25.5 Å². The third-order valence-corrected chi connectivity index (χ3v) is 6.90. The van der Waals surface area contributed by atoms with Crippen LogP contribution in [0.5, 0.6) is 11.5 Å². The lowest BCUT2D eigenvalue weighted by Crippen LogP contribution is -2.17. The lowest BCUT2D eigenvalue weighted by molar-refractivity contribution is 0.284. The van der Waals surface area contributed by atoms with Crippen LogP contribution in [0.3, 0.4) is 0 Å². The number of thioether (sulfide) groups is 1. The third-order valence-electron chi connectivity index (χ3n) is 4.99. The highest BCUT2D eigenvalue weighted by atomic mass is 35.5. The summed E-state index contributed by atoms with van der Waals surface area (Å²) >= 11 is 20.6. The van der Waals surface area contributed by atoms with Crippen molar-refractivity contribution in [2.24, 2.45) is 0 Å². The summed E-state index contributed by atoms with van der Waals surface area (Å²) in [6.07, 6.45) is 0. The SMILES string of the molecule is COc1cc(CNCCSc2nnnn2-c2ccccc2)cc(Cl)c1OCc1c(Cl)cccc1Cl. The zero-order chi connectivity index (χ0) is 24.6. The van der Waals surface area contributed by atoms with Crippen molar-refractivity contribution in [3.8, 4) is 17.2 Å². The number of benzene rings is 3. The average molecular weight is 551 g/mol. The number of methoxy groups -OCH3 is 1. The van der Waals surface area contributed by atoms with Crippen molar-refractivity contribution >= 4 is 46.6 Å². The second-order valence-electron chi connectivity index (χ2n) is 7.33. The minimum Gasteiger partial charge on any atom is -0.493 e. The molecule has 1 aromatic heterocycles. The first-order chi connectivity index (χ1) is 17.1. The first kappa shape index (κ1) is 25.6. The van der Waals surface area contributed by atoms with E-state index < -0.39 is 0 Å². The predicted molar refractivity (Wildman–Crippen MR) is 140 cm³/mol. The smallest absolute Gasteiger partial charge is 0.214 e. The van der Waals surface area contributed by atoms with E-state index in [9.17, 15) is 0 Å². The molecule has 0 unspecified atom stereocenters. The second-order valence-corrected chi connectivity index (χ2v) is 9.62. The van der Waals surface area contributed by atoms with Gasteiger partial charge < -0.3 is 14.8 Å². The van der Waals surface area contributed by atoms with Crippen LogP contribution in [0.4, 0.5) is 0 Å². The molecular formula is C24H22Cl3N5O2S. The van der Waals surface area contributed by atoms with Gasteiger partial charge >= 0.3 is 0 Å². The first-order valence-corrected chi connectivity index (χ1v) is 12.8. The average Bonchev–Trinajstić information content (AvgIpc) is 3.33. The summed E-state index contributed by atoms with van der Waals surface area (Å²) in [4.78, 5) is 0. The quantitative estimate of drug-likeness (QED) is 0.179. The standard InChI is InChI=1S/C24H22Cl3N5O2S/c1-33-22-13-16(12-21(27)23(22)34-15-18-19(25)8-5-9-20(18)26)14-28-10-11-35-24-29-30-31-32(24)17-6-3-2-4-7-17/h2-9,12-13,28H,10-11,14-15H2,1H3. The Labute approximate surface area is 222 Å². The molecule has 0 aliphatic heterocycles. The molecule has 0 radical (unpaired) electrons. The third kappa shape index (κ3) is 6.59. The molecule has 4 aromatic rings. The van der Waals surface area contributed by atoms with Gasteiger partial charge in [0.1, 0.15) is 6.61 Å². The molecule has 0 spiro atoms. The lowest BCUT2D eigenvalue weighted by atomic mass is 10.2. The summed E-state index contributed by atoms with van der Waals surface area (Å²) in [5.41, 5.74) is 2.58.